The Morgan fingerprint density at radius 2 is 1.86 bits per heavy atom. The number of nitrogens with zero attached hydrogens (tertiary/aromatic N) is 2. The van der Waals surface area contributed by atoms with Crippen LogP contribution in [-0.4, -0.2) is 31.4 Å². The van der Waals surface area contributed by atoms with Crippen LogP contribution >= 0.6 is 11.3 Å². The Morgan fingerprint density at radius 1 is 1.14 bits per heavy atom. The van der Waals surface area contributed by atoms with E-state index in [-0.39, 0.29) is 5.56 Å². The maximum absolute atomic E-state index is 13.7. The zero-order chi connectivity index (χ0) is 26.0. The minimum atomic E-state index is -0.632. The molecule has 2 aromatic carbocycles. The highest BCUT2D eigenvalue weighted by atomic mass is 32.1. The fraction of sp³-hybridized carbons (Fsp3) is 0.321. The van der Waals surface area contributed by atoms with Gasteiger partial charge in [-0.05, 0) is 54.7 Å². The van der Waals surface area contributed by atoms with Gasteiger partial charge < -0.3 is 14.2 Å². The summed E-state index contributed by atoms with van der Waals surface area (Å²) in [4.78, 5) is 31.7. The Morgan fingerprint density at radius 3 is 2.47 bits per heavy atom. The summed E-state index contributed by atoms with van der Waals surface area (Å²) < 4.78 is 18.2. The van der Waals surface area contributed by atoms with Crippen molar-refractivity contribution in [3.63, 3.8) is 0 Å². The van der Waals surface area contributed by atoms with Crippen LogP contribution in [0.1, 0.15) is 56.3 Å². The van der Waals surface area contributed by atoms with Crippen LogP contribution < -0.4 is 24.4 Å². The lowest BCUT2D eigenvalue weighted by Crippen LogP contribution is -2.39. The third-order valence-electron chi connectivity index (χ3n) is 6.13. The normalized spacial score (nSPS) is 15.5. The standard InChI is InChI=1S/C28H30N2O5S/c1-7-35-22-14-18(8-13-21(22)33-5)15-23-26(31)30-25(20-11-9-19(10-12-20)16(2)3)24(27(32)34-6)17(4)29-28(30)36-23/h8-16,25H,7H2,1-6H3/b23-15-. The van der Waals surface area contributed by atoms with Gasteiger partial charge in [-0.1, -0.05) is 55.5 Å². The average Bonchev–Trinajstić information content (AvgIpc) is 3.17. The molecule has 0 spiro atoms. The quantitative estimate of drug-likeness (QED) is 0.454. The van der Waals surface area contributed by atoms with E-state index in [0.717, 1.165) is 11.1 Å². The Labute approximate surface area is 214 Å². The summed E-state index contributed by atoms with van der Waals surface area (Å²) in [5.41, 5.74) is 3.47. The maximum atomic E-state index is 13.7. The second-order valence-corrected chi connectivity index (χ2v) is 9.75. The number of fused-ring (bicyclic) bond motifs is 1. The van der Waals surface area contributed by atoms with Crippen molar-refractivity contribution in [2.45, 2.75) is 39.7 Å². The van der Waals surface area contributed by atoms with Gasteiger partial charge >= 0.3 is 5.97 Å². The molecule has 1 unspecified atom stereocenters. The van der Waals surface area contributed by atoms with E-state index in [0.29, 0.717) is 44.6 Å². The number of hydrogen-bond donors (Lipinski definition) is 0. The number of allylic oxidation sites excluding steroid dienone is 1. The summed E-state index contributed by atoms with van der Waals surface area (Å²) in [5.74, 6) is 1.09. The molecule has 8 heteroatoms. The fourth-order valence-electron chi connectivity index (χ4n) is 4.27. The monoisotopic (exact) mass is 506 g/mol. The van der Waals surface area contributed by atoms with Crippen molar-refractivity contribution in [3.8, 4) is 11.5 Å². The van der Waals surface area contributed by atoms with Crippen molar-refractivity contribution in [1.29, 1.82) is 0 Å². The molecule has 1 aliphatic rings. The number of aromatic nitrogens is 1. The van der Waals surface area contributed by atoms with Crippen molar-refractivity contribution in [3.05, 3.63) is 90.1 Å². The molecule has 0 saturated carbocycles. The van der Waals surface area contributed by atoms with E-state index in [2.05, 4.69) is 18.8 Å². The Kier molecular flexibility index (Phi) is 7.45. The van der Waals surface area contributed by atoms with Crippen LogP contribution in [0.4, 0.5) is 0 Å². The fourth-order valence-corrected chi connectivity index (χ4v) is 5.32. The summed E-state index contributed by atoms with van der Waals surface area (Å²) >= 11 is 1.29. The molecule has 36 heavy (non-hydrogen) atoms. The van der Waals surface area contributed by atoms with E-state index in [4.69, 9.17) is 14.2 Å². The summed E-state index contributed by atoms with van der Waals surface area (Å²) in [6.45, 7) is 8.42. The lowest BCUT2D eigenvalue weighted by atomic mass is 9.93. The lowest BCUT2D eigenvalue weighted by Gasteiger charge is -2.24. The van der Waals surface area contributed by atoms with Crippen molar-refractivity contribution in [1.82, 2.24) is 4.57 Å². The number of methoxy groups -OCH3 is 2. The van der Waals surface area contributed by atoms with Gasteiger partial charge in [0.2, 0.25) is 0 Å². The van der Waals surface area contributed by atoms with Gasteiger partial charge in [0.05, 0.1) is 42.7 Å². The third kappa shape index (κ3) is 4.73. The first-order valence-electron chi connectivity index (χ1n) is 11.8. The highest BCUT2D eigenvalue weighted by molar-refractivity contribution is 7.07. The molecule has 0 bridgehead atoms. The van der Waals surface area contributed by atoms with E-state index in [1.54, 1.807) is 18.6 Å². The lowest BCUT2D eigenvalue weighted by molar-refractivity contribution is -0.136. The van der Waals surface area contributed by atoms with E-state index in [9.17, 15) is 9.59 Å². The number of carbonyl (C=O) groups excluding carboxylic acids is 1. The summed E-state index contributed by atoms with van der Waals surface area (Å²) in [6.07, 6.45) is 1.81. The number of thiazole rings is 1. The second kappa shape index (κ2) is 10.5. The van der Waals surface area contributed by atoms with Crippen molar-refractivity contribution in [2.75, 3.05) is 20.8 Å². The molecule has 0 aliphatic carbocycles. The van der Waals surface area contributed by atoms with Crippen LogP contribution in [0.2, 0.25) is 0 Å². The zero-order valence-electron chi connectivity index (χ0n) is 21.3. The van der Waals surface area contributed by atoms with Gasteiger partial charge in [-0.25, -0.2) is 9.79 Å². The van der Waals surface area contributed by atoms with Crippen LogP contribution in [0.3, 0.4) is 0 Å². The highest BCUT2D eigenvalue weighted by Crippen LogP contribution is 2.32. The largest absolute Gasteiger partial charge is 0.493 e. The Balaban J connectivity index is 1.90. The van der Waals surface area contributed by atoms with E-state index < -0.39 is 12.0 Å². The first-order valence-corrected chi connectivity index (χ1v) is 12.6. The minimum absolute atomic E-state index is 0.223. The molecule has 0 N–H and O–H groups in total. The second-order valence-electron chi connectivity index (χ2n) is 8.74. The number of carbonyl (C=O) groups is 1. The highest BCUT2D eigenvalue weighted by Gasteiger charge is 2.33. The van der Waals surface area contributed by atoms with Gasteiger partial charge in [-0.2, -0.15) is 0 Å². The molecule has 1 aromatic heterocycles. The number of ether oxygens (including phenoxy) is 3. The molecule has 0 amide bonds. The predicted octanol–water partition coefficient (Wildman–Crippen LogP) is 3.94. The van der Waals surface area contributed by atoms with Crippen LogP contribution in [0, 0.1) is 0 Å². The average molecular weight is 507 g/mol. The van der Waals surface area contributed by atoms with Crippen LogP contribution in [0.25, 0.3) is 6.08 Å². The summed E-state index contributed by atoms with van der Waals surface area (Å²) in [5, 5.41) is 0. The maximum Gasteiger partial charge on any atom is 0.338 e. The SMILES string of the molecule is CCOc1cc(/C=c2\sc3n(c2=O)C(c2ccc(C(C)C)cc2)C(C(=O)OC)=C(C)N=3)ccc1OC. The number of rotatable bonds is 7. The minimum Gasteiger partial charge on any atom is -0.493 e. The van der Waals surface area contributed by atoms with E-state index >= 15 is 0 Å². The molecular formula is C28H30N2O5S. The predicted molar refractivity (Wildman–Crippen MR) is 140 cm³/mol. The molecular weight excluding hydrogens is 476 g/mol. The molecule has 3 aromatic rings. The Hall–Kier alpha value is -3.65. The third-order valence-corrected chi connectivity index (χ3v) is 7.11. The molecule has 0 saturated heterocycles. The molecule has 1 aliphatic heterocycles. The van der Waals surface area contributed by atoms with Crippen LogP contribution in [0.15, 0.2) is 63.5 Å². The van der Waals surface area contributed by atoms with Crippen LogP contribution in [-0.2, 0) is 9.53 Å². The van der Waals surface area contributed by atoms with Crippen LogP contribution in [0.5, 0.6) is 11.5 Å². The number of hydrogen-bond acceptors (Lipinski definition) is 7. The molecule has 0 radical (unpaired) electrons. The zero-order valence-corrected chi connectivity index (χ0v) is 22.1. The van der Waals surface area contributed by atoms with Gasteiger partial charge in [0.1, 0.15) is 0 Å². The number of esters is 1. The topological polar surface area (TPSA) is 79.1 Å². The van der Waals surface area contributed by atoms with Gasteiger partial charge in [-0.3, -0.25) is 9.36 Å². The van der Waals surface area contributed by atoms with Crippen molar-refractivity contribution >= 4 is 23.4 Å². The van der Waals surface area contributed by atoms with Crippen molar-refractivity contribution < 1.29 is 19.0 Å². The van der Waals surface area contributed by atoms with Crippen molar-refractivity contribution in [2.24, 2.45) is 4.99 Å². The van der Waals surface area contributed by atoms with Gasteiger partial charge in [0.25, 0.3) is 5.56 Å². The number of benzene rings is 2. The molecule has 4 rings (SSSR count). The van der Waals surface area contributed by atoms with Gasteiger partial charge in [-0.15, -0.1) is 0 Å². The smallest absolute Gasteiger partial charge is 0.338 e. The molecule has 1 atom stereocenters. The van der Waals surface area contributed by atoms with Gasteiger partial charge in [0.15, 0.2) is 16.3 Å². The first kappa shape index (κ1) is 25.4. The van der Waals surface area contributed by atoms with Gasteiger partial charge in [0, 0.05) is 0 Å². The Bertz CT molecular complexity index is 1500. The van der Waals surface area contributed by atoms with E-state index in [1.165, 1.54) is 24.0 Å². The molecule has 188 valence electrons. The summed E-state index contributed by atoms with van der Waals surface area (Å²) in [6, 6.07) is 12.9. The first-order chi connectivity index (χ1) is 17.3. The molecule has 0 fully saturated rings. The molecule has 2 heterocycles. The van der Waals surface area contributed by atoms with E-state index in [1.807, 2.05) is 55.5 Å². The molecule has 7 nitrogen and oxygen atoms in total. The summed E-state index contributed by atoms with van der Waals surface area (Å²) in [7, 11) is 2.93.